The number of para-hydroxylation sites is 1. The summed E-state index contributed by atoms with van der Waals surface area (Å²) in [5.41, 5.74) is 4.95. The average Bonchev–Trinajstić information content (AvgIpc) is 2.94. The van der Waals surface area contributed by atoms with Crippen molar-refractivity contribution in [3.05, 3.63) is 59.7 Å². The normalized spacial score (nSPS) is 24.1. The first kappa shape index (κ1) is 17.1. The van der Waals surface area contributed by atoms with Crippen molar-refractivity contribution in [3.63, 3.8) is 0 Å². The van der Waals surface area contributed by atoms with Gasteiger partial charge in [-0.15, -0.1) is 0 Å². The van der Waals surface area contributed by atoms with Crippen LogP contribution in [-0.4, -0.2) is 45.7 Å². The second kappa shape index (κ2) is 6.76. The third-order valence-electron chi connectivity index (χ3n) is 6.02. The summed E-state index contributed by atoms with van der Waals surface area (Å²) < 4.78 is 0. The number of nitrogens with zero attached hydrogens (tertiary/aromatic N) is 2. The van der Waals surface area contributed by atoms with Gasteiger partial charge in [-0.25, -0.2) is 0 Å². The largest absolute Gasteiger partial charge is 0.358 e. The number of hydrogen-bond acceptors (Lipinski definition) is 2. The summed E-state index contributed by atoms with van der Waals surface area (Å²) in [5.74, 6) is 0.683. The molecule has 0 saturated carbocycles. The highest BCUT2D eigenvalue weighted by atomic mass is 16.2. The van der Waals surface area contributed by atoms with Crippen LogP contribution in [0.25, 0.3) is 0 Å². The highest BCUT2D eigenvalue weighted by Crippen LogP contribution is 2.42. The Morgan fingerprint density at radius 2 is 2.00 bits per heavy atom. The van der Waals surface area contributed by atoms with E-state index in [4.69, 9.17) is 0 Å². The first-order valence-corrected chi connectivity index (χ1v) is 9.54. The molecule has 1 unspecified atom stereocenters. The molecular weight excluding hydrogens is 322 g/mol. The third kappa shape index (κ3) is 2.99. The molecule has 0 spiro atoms. The zero-order valence-corrected chi connectivity index (χ0v) is 15.9. The van der Waals surface area contributed by atoms with Gasteiger partial charge < -0.3 is 14.7 Å². The molecule has 1 saturated heterocycles. The Kier molecular flexibility index (Phi) is 4.45. The Balaban J connectivity index is 1.61. The summed E-state index contributed by atoms with van der Waals surface area (Å²) in [6.45, 7) is 4.93. The van der Waals surface area contributed by atoms with E-state index in [0.717, 1.165) is 18.7 Å². The number of hydrogen-bond donors (Lipinski definition) is 1. The molecule has 0 aromatic heterocycles. The SMILES string of the molecule is Cc1ccc2c(c1)[C@@H]1C[NH+](C)CC[C@@H]1N2CC(=O)N(C)c1ccccc1. The number of carbonyl (C=O) groups excluding carboxylic acids is 1. The van der Waals surface area contributed by atoms with Crippen LogP contribution in [0.3, 0.4) is 0 Å². The zero-order chi connectivity index (χ0) is 18.3. The summed E-state index contributed by atoms with van der Waals surface area (Å²) in [5, 5.41) is 0. The fourth-order valence-electron chi connectivity index (χ4n) is 4.56. The number of anilines is 2. The monoisotopic (exact) mass is 350 g/mol. The van der Waals surface area contributed by atoms with Crippen LogP contribution in [0.5, 0.6) is 0 Å². The van der Waals surface area contributed by atoms with Gasteiger partial charge in [-0.3, -0.25) is 4.79 Å². The number of amides is 1. The molecule has 1 fully saturated rings. The van der Waals surface area contributed by atoms with Crippen LogP contribution in [0.4, 0.5) is 11.4 Å². The van der Waals surface area contributed by atoms with Crippen molar-refractivity contribution in [2.24, 2.45) is 0 Å². The Morgan fingerprint density at radius 1 is 1.23 bits per heavy atom. The van der Waals surface area contributed by atoms with E-state index < -0.39 is 0 Å². The Labute approximate surface area is 156 Å². The molecule has 26 heavy (non-hydrogen) atoms. The van der Waals surface area contributed by atoms with E-state index in [-0.39, 0.29) is 5.91 Å². The molecule has 1 N–H and O–H groups in total. The first-order valence-electron chi connectivity index (χ1n) is 9.54. The van der Waals surface area contributed by atoms with E-state index >= 15 is 0 Å². The molecule has 0 bridgehead atoms. The number of fused-ring (bicyclic) bond motifs is 3. The second-order valence-corrected chi connectivity index (χ2v) is 7.85. The van der Waals surface area contributed by atoms with Crippen molar-refractivity contribution in [2.45, 2.75) is 25.3 Å². The number of nitrogens with one attached hydrogen (secondary N) is 1. The van der Waals surface area contributed by atoms with Crippen LogP contribution in [0.15, 0.2) is 48.5 Å². The van der Waals surface area contributed by atoms with Crippen LogP contribution in [0, 0.1) is 6.92 Å². The zero-order valence-electron chi connectivity index (χ0n) is 15.9. The second-order valence-electron chi connectivity index (χ2n) is 7.85. The number of carbonyl (C=O) groups is 1. The number of benzene rings is 2. The quantitative estimate of drug-likeness (QED) is 0.915. The van der Waals surface area contributed by atoms with Gasteiger partial charge in [0.15, 0.2) is 0 Å². The van der Waals surface area contributed by atoms with Crippen molar-refractivity contribution >= 4 is 17.3 Å². The Bertz CT molecular complexity index is 804. The van der Waals surface area contributed by atoms with Crippen LogP contribution >= 0.6 is 0 Å². The maximum absolute atomic E-state index is 13.0. The number of rotatable bonds is 3. The molecule has 4 heteroatoms. The van der Waals surface area contributed by atoms with Gasteiger partial charge in [0.05, 0.1) is 32.6 Å². The molecule has 1 amide bonds. The van der Waals surface area contributed by atoms with Crippen molar-refractivity contribution < 1.29 is 9.69 Å². The molecule has 2 aliphatic rings. The van der Waals surface area contributed by atoms with Crippen LogP contribution in [0.2, 0.25) is 0 Å². The van der Waals surface area contributed by atoms with E-state index in [2.05, 4.69) is 37.1 Å². The van der Waals surface area contributed by atoms with E-state index in [9.17, 15) is 4.79 Å². The highest BCUT2D eigenvalue weighted by molar-refractivity contribution is 5.96. The van der Waals surface area contributed by atoms with Gasteiger partial charge in [-0.1, -0.05) is 35.9 Å². The fraction of sp³-hybridized carbons (Fsp3) is 0.409. The Morgan fingerprint density at radius 3 is 2.77 bits per heavy atom. The van der Waals surface area contributed by atoms with Gasteiger partial charge in [0.2, 0.25) is 5.91 Å². The summed E-state index contributed by atoms with van der Waals surface area (Å²) >= 11 is 0. The van der Waals surface area contributed by atoms with Gasteiger partial charge in [-0.2, -0.15) is 0 Å². The third-order valence-corrected chi connectivity index (χ3v) is 6.02. The van der Waals surface area contributed by atoms with E-state index in [1.165, 1.54) is 23.4 Å². The van der Waals surface area contributed by atoms with Gasteiger partial charge in [0.1, 0.15) is 0 Å². The van der Waals surface area contributed by atoms with Crippen LogP contribution in [0.1, 0.15) is 23.5 Å². The molecule has 2 aromatic rings. The minimum absolute atomic E-state index is 0.148. The minimum atomic E-state index is 0.148. The van der Waals surface area contributed by atoms with E-state index in [1.807, 2.05) is 37.4 Å². The number of likely N-dealkylation sites (tertiary alicyclic amines) is 1. The van der Waals surface area contributed by atoms with Crippen LogP contribution in [-0.2, 0) is 4.79 Å². The summed E-state index contributed by atoms with van der Waals surface area (Å²) in [6, 6.07) is 17.1. The molecule has 136 valence electrons. The molecule has 2 aromatic carbocycles. The lowest BCUT2D eigenvalue weighted by Gasteiger charge is -2.35. The lowest BCUT2D eigenvalue weighted by Crippen LogP contribution is -3.11. The van der Waals surface area contributed by atoms with Crippen molar-refractivity contribution in [1.82, 2.24) is 0 Å². The summed E-state index contributed by atoms with van der Waals surface area (Å²) in [6.07, 6.45) is 1.15. The van der Waals surface area contributed by atoms with Gasteiger partial charge in [-0.05, 0) is 30.7 Å². The van der Waals surface area contributed by atoms with Crippen molar-refractivity contribution in [1.29, 1.82) is 0 Å². The molecule has 0 aliphatic carbocycles. The molecule has 4 nitrogen and oxygen atoms in total. The molecule has 4 rings (SSSR count). The number of likely N-dealkylation sites (N-methyl/N-ethyl adjacent to an activating group) is 2. The molecular formula is C22H28N3O+. The van der Waals surface area contributed by atoms with E-state index in [0.29, 0.717) is 18.5 Å². The van der Waals surface area contributed by atoms with Crippen LogP contribution < -0.4 is 14.7 Å². The lowest BCUT2D eigenvalue weighted by atomic mass is 9.89. The van der Waals surface area contributed by atoms with Gasteiger partial charge in [0, 0.05) is 30.9 Å². The number of aryl methyl sites for hydroxylation is 1. The molecule has 3 atom stereocenters. The fourth-order valence-corrected chi connectivity index (χ4v) is 4.56. The molecule has 2 heterocycles. The summed E-state index contributed by atoms with van der Waals surface area (Å²) in [4.78, 5) is 18.7. The number of piperidine rings is 1. The maximum atomic E-state index is 13.0. The predicted octanol–water partition coefficient (Wildman–Crippen LogP) is 1.85. The average molecular weight is 350 g/mol. The smallest absolute Gasteiger partial charge is 0.246 e. The topological polar surface area (TPSA) is 28.0 Å². The van der Waals surface area contributed by atoms with Crippen molar-refractivity contribution in [2.75, 3.05) is 43.5 Å². The number of quaternary nitrogens is 1. The van der Waals surface area contributed by atoms with E-state index in [1.54, 1.807) is 9.80 Å². The lowest BCUT2D eigenvalue weighted by molar-refractivity contribution is -0.886. The maximum Gasteiger partial charge on any atom is 0.246 e. The van der Waals surface area contributed by atoms with Gasteiger partial charge >= 0.3 is 0 Å². The van der Waals surface area contributed by atoms with Crippen molar-refractivity contribution in [3.8, 4) is 0 Å². The predicted molar refractivity (Wildman–Crippen MR) is 106 cm³/mol. The highest BCUT2D eigenvalue weighted by Gasteiger charge is 2.43. The Hall–Kier alpha value is -2.33. The minimum Gasteiger partial charge on any atom is -0.358 e. The summed E-state index contributed by atoms with van der Waals surface area (Å²) in [7, 11) is 4.16. The molecule has 2 aliphatic heterocycles. The standard InChI is InChI=1S/C22H27N3O/c1-16-9-10-20-18(13-16)19-14-23(2)12-11-21(19)25(20)15-22(26)24(3)17-7-5-4-6-8-17/h4-10,13,19,21H,11-12,14-15H2,1-3H3/p+1/t19-,21-/m0/s1. The molecule has 0 radical (unpaired) electrons. The first-order chi connectivity index (χ1) is 12.5. The van der Waals surface area contributed by atoms with Gasteiger partial charge in [0.25, 0.3) is 0 Å².